The van der Waals surface area contributed by atoms with Crippen molar-refractivity contribution in [3.05, 3.63) is 29.3 Å². The van der Waals surface area contributed by atoms with Crippen LogP contribution in [0.2, 0.25) is 0 Å². The molecule has 104 valence electrons. The topological polar surface area (TPSA) is 75.6 Å². The molecule has 1 unspecified atom stereocenters. The fourth-order valence-corrected chi connectivity index (χ4v) is 1.60. The van der Waals surface area contributed by atoms with Crippen LogP contribution in [0.15, 0.2) is 18.2 Å². The number of esters is 1. The quantitative estimate of drug-likeness (QED) is 0.811. The third kappa shape index (κ3) is 3.71. The van der Waals surface area contributed by atoms with E-state index in [0.29, 0.717) is 11.1 Å². The van der Waals surface area contributed by atoms with Crippen LogP contribution in [0.5, 0.6) is 5.75 Å². The number of aryl methyl sites for hydroxylation is 1. The molecule has 5 heteroatoms. The summed E-state index contributed by atoms with van der Waals surface area (Å²) in [7, 11) is 1.28. The van der Waals surface area contributed by atoms with Crippen molar-refractivity contribution in [2.24, 2.45) is 5.92 Å². The Morgan fingerprint density at radius 1 is 1.32 bits per heavy atom. The van der Waals surface area contributed by atoms with Crippen molar-refractivity contribution in [3.8, 4) is 5.75 Å². The number of carbonyl (C=O) groups is 2. The number of rotatable bonds is 4. The zero-order valence-electron chi connectivity index (χ0n) is 11.6. The van der Waals surface area contributed by atoms with Gasteiger partial charge in [0.2, 0.25) is 0 Å². The number of methoxy groups -OCH3 is 1. The summed E-state index contributed by atoms with van der Waals surface area (Å²) in [6, 6.07) is 3.91. The molecule has 0 fully saturated rings. The number of amides is 1. The fourth-order valence-electron chi connectivity index (χ4n) is 1.60. The Morgan fingerprint density at radius 2 is 1.95 bits per heavy atom. The number of hydrogen-bond donors (Lipinski definition) is 2. The zero-order valence-corrected chi connectivity index (χ0v) is 11.6. The number of carbonyl (C=O) groups excluding carboxylic acids is 2. The summed E-state index contributed by atoms with van der Waals surface area (Å²) in [6.07, 6.45) is 0. The molecule has 0 aliphatic rings. The standard InChI is InChI=1S/C14H19NO4/c1-8(2)12(14(18)19-4)15-13(17)10-6-5-9(3)11(16)7-10/h5-8,12,16H,1-4H3,(H,15,17). The minimum Gasteiger partial charge on any atom is -0.508 e. The van der Waals surface area contributed by atoms with Gasteiger partial charge in [-0.3, -0.25) is 4.79 Å². The molecule has 1 amide bonds. The summed E-state index contributed by atoms with van der Waals surface area (Å²) in [5.74, 6) is -0.943. The zero-order chi connectivity index (χ0) is 14.6. The summed E-state index contributed by atoms with van der Waals surface area (Å²) >= 11 is 0. The first-order chi connectivity index (χ1) is 8.86. The van der Waals surface area contributed by atoms with E-state index in [1.807, 2.05) is 13.8 Å². The lowest BCUT2D eigenvalue weighted by atomic mass is 10.0. The van der Waals surface area contributed by atoms with Crippen LogP contribution >= 0.6 is 0 Å². The van der Waals surface area contributed by atoms with E-state index < -0.39 is 17.9 Å². The third-order valence-electron chi connectivity index (χ3n) is 2.88. The van der Waals surface area contributed by atoms with E-state index in [0.717, 1.165) is 0 Å². The second-order valence-electron chi connectivity index (χ2n) is 4.72. The lowest BCUT2D eigenvalue weighted by molar-refractivity contribution is -0.144. The summed E-state index contributed by atoms with van der Waals surface area (Å²) in [4.78, 5) is 23.6. The van der Waals surface area contributed by atoms with Gasteiger partial charge in [0.15, 0.2) is 0 Å². The van der Waals surface area contributed by atoms with Crippen LogP contribution in [-0.2, 0) is 9.53 Å². The van der Waals surface area contributed by atoms with Crippen molar-refractivity contribution < 1.29 is 19.4 Å². The molecule has 0 saturated heterocycles. The predicted molar refractivity (Wildman–Crippen MR) is 71.0 cm³/mol. The van der Waals surface area contributed by atoms with Crippen LogP contribution in [0.1, 0.15) is 29.8 Å². The second-order valence-corrected chi connectivity index (χ2v) is 4.72. The molecule has 1 aromatic rings. The first-order valence-corrected chi connectivity index (χ1v) is 6.05. The lowest BCUT2D eigenvalue weighted by Gasteiger charge is -2.19. The number of phenols is 1. The van der Waals surface area contributed by atoms with Gasteiger partial charge in [-0.25, -0.2) is 4.79 Å². The Morgan fingerprint density at radius 3 is 2.42 bits per heavy atom. The highest BCUT2D eigenvalue weighted by atomic mass is 16.5. The molecule has 1 rings (SSSR count). The Hall–Kier alpha value is -2.04. The van der Waals surface area contributed by atoms with Crippen molar-refractivity contribution in [2.45, 2.75) is 26.8 Å². The molecule has 0 spiro atoms. The van der Waals surface area contributed by atoms with Crippen molar-refractivity contribution in [2.75, 3.05) is 7.11 Å². The van der Waals surface area contributed by atoms with Gasteiger partial charge in [0, 0.05) is 5.56 Å². The summed E-state index contributed by atoms with van der Waals surface area (Å²) in [5.41, 5.74) is 0.989. The number of nitrogens with one attached hydrogen (secondary N) is 1. The number of phenolic OH excluding ortho intramolecular Hbond substituents is 1. The van der Waals surface area contributed by atoms with Crippen molar-refractivity contribution in [1.82, 2.24) is 5.32 Å². The Labute approximate surface area is 112 Å². The van der Waals surface area contributed by atoms with Crippen LogP contribution in [0, 0.1) is 12.8 Å². The van der Waals surface area contributed by atoms with E-state index >= 15 is 0 Å². The summed E-state index contributed by atoms with van der Waals surface area (Å²) in [5, 5.41) is 12.2. The molecule has 0 aromatic heterocycles. The molecule has 1 aromatic carbocycles. The minimum atomic E-state index is -0.707. The largest absolute Gasteiger partial charge is 0.508 e. The normalized spacial score (nSPS) is 12.1. The van der Waals surface area contributed by atoms with E-state index in [2.05, 4.69) is 10.1 Å². The molecule has 1 atom stereocenters. The minimum absolute atomic E-state index is 0.0480. The van der Waals surface area contributed by atoms with Crippen molar-refractivity contribution in [1.29, 1.82) is 0 Å². The first-order valence-electron chi connectivity index (χ1n) is 6.05. The molecule has 19 heavy (non-hydrogen) atoms. The highest BCUT2D eigenvalue weighted by Crippen LogP contribution is 2.17. The van der Waals surface area contributed by atoms with Gasteiger partial charge in [0.1, 0.15) is 11.8 Å². The van der Waals surface area contributed by atoms with Gasteiger partial charge < -0.3 is 15.2 Å². The highest BCUT2D eigenvalue weighted by molar-refractivity contribution is 5.97. The average Bonchev–Trinajstić information content (AvgIpc) is 2.37. The van der Waals surface area contributed by atoms with Crippen molar-refractivity contribution >= 4 is 11.9 Å². The van der Waals surface area contributed by atoms with Gasteiger partial charge in [-0.1, -0.05) is 19.9 Å². The number of hydrogen-bond acceptors (Lipinski definition) is 4. The smallest absolute Gasteiger partial charge is 0.328 e. The van der Waals surface area contributed by atoms with Crippen LogP contribution in [-0.4, -0.2) is 30.1 Å². The Bertz CT molecular complexity index is 482. The molecule has 0 aliphatic carbocycles. The third-order valence-corrected chi connectivity index (χ3v) is 2.88. The summed E-state index contributed by atoms with van der Waals surface area (Å²) < 4.78 is 4.65. The van der Waals surface area contributed by atoms with E-state index in [1.54, 1.807) is 19.1 Å². The highest BCUT2D eigenvalue weighted by Gasteiger charge is 2.25. The van der Waals surface area contributed by atoms with Crippen LogP contribution < -0.4 is 5.32 Å². The predicted octanol–water partition coefficient (Wildman–Crippen LogP) is 1.63. The maximum absolute atomic E-state index is 12.0. The Kier molecular flexibility index (Phi) is 4.92. The Balaban J connectivity index is 2.87. The van der Waals surface area contributed by atoms with E-state index in [9.17, 15) is 14.7 Å². The van der Waals surface area contributed by atoms with E-state index in [1.165, 1.54) is 13.2 Å². The molecular weight excluding hydrogens is 246 g/mol. The molecule has 0 saturated carbocycles. The van der Waals surface area contributed by atoms with Crippen LogP contribution in [0.3, 0.4) is 0 Å². The molecule has 0 bridgehead atoms. The van der Waals surface area contributed by atoms with Crippen molar-refractivity contribution in [3.63, 3.8) is 0 Å². The molecule has 5 nitrogen and oxygen atoms in total. The van der Waals surface area contributed by atoms with Gasteiger partial charge in [0.25, 0.3) is 5.91 Å². The molecule has 2 N–H and O–H groups in total. The van der Waals surface area contributed by atoms with Gasteiger partial charge in [-0.05, 0) is 30.5 Å². The number of benzene rings is 1. The molecule has 0 heterocycles. The maximum Gasteiger partial charge on any atom is 0.328 e. The summed E-state index contributed by atoms with van der Waals surface area (Å²) in [6.45, 7) is 5.37. The second kappa shape index (κ2) is 6.22. The average molecular weight is 265 g/mol. The number of ether oxygens (including phenoxy) is 1. The molecular formula is C14H19NO4. The van der Waals surface area contributed by atoms with E-state index in [4.69, 9.17) is 0 Å². The van der Waals surface area contributed by atoms with E-state index in [-0.39, 0.29) is 11.7 Å². The SMILES string of the molecule is COC(=O)C(NC(=O)c1ccc(C)c(O)c1)C(C)C. The molecule has 0 radical (unpaired) electrons. The van der Waals surface area contributed by atoms with Gasteiger partial charge >= 0.3 is 5.97 Å². The van der Waals surface area contributed by atoms with Crippen LogP contribution in [0.4, 0.5) is 0 Å². The van der Waals surface area contributed by atoms with Gasteiger partial charge in [-0.15, -0.1) is 0 Å². The molecule has 0 aliphatic heterocycles. The number of aromatic hydroxyl groups is 1. The lowest BCUT2D eigenvalue weighted by Crippen LogP contribution is -2.45. The maximum atomic E-state index is 12.0. The van der Waals surface area contributed by atoms with Gasteiger partial charge in [-0.2, -0.15) is 0 Å². The van der Waals surface area contributed by atoms with Gasteiger partial charge in [0.05, 0.1) is 7.11 Å². The fraction of sp³-hybridized carbons (Fsp3) is 0.429. The first kappa shape index (κ1) is 15.0. The monoisotopic (exact) mass is 265 g/mol. The van der Waals surface area contributed by atoms with Crippen LogP contribution in [0.25, 0.3) is 0 Å².